The van der Waals surface area contributed by atoms with Gasteiger partial charge in [0, 0.05) is 12.1 Å². The van der Waals surface area contributed by atoms with Gasteiger partial charge >= 0.3 is 5.97 Å². The lowest BCUT2D eigenvalue weighted by molar-refractivity contribution is -0.385. The van der Waals surface area contributed by atoms with E-state index in [2.05, 4.69) is 10.1 Å². The normalized spacial score (nSPS) is 11.9. The largest absolute Gasteiger partial charge is 0.467 e. The van der Waals surface area contributed by atoms with E-state index < -0.39 is 29.4 Å². The number of ether oxygens (including phenoxy) is 1. The molecule has 8 heteroatoms. The monoisotopic (exact) mass is 294 g/mol. The molecule has 1 amide bonds. The number of carbonyl (C=O) groups excluding carboxylic acids is 2. The lowest BCUT2D eigenvalue weighted by Gasteiger charge is -2.11. The van der Waals surface area contributed by atoms with E-state index in [1.807, 2.05) is 0 Å². The highest BCUT2D eigenvalue weighted by atomic mass is 16.6. The van der Waals surface area contributed by atoms with Crippen LogP contribution >= 0.6 is 0 Å². The molecule has 0 radical (unpaired) electrons. The van der Waals surface area contributed by atoms with Crippen LogP contribution in [0, 0.1) is 10.1 Å². The predicted molar refractivity (Wildman–Crippen MR) is 73.2 cm³/mol. The summed E-state index contributed by atoms with van der Waals surface area (Å²) in [4.78, 5) is 33.0. The third-order valence-electron chi connectivity index (χ3n) is 2.53. The fourth-order valence-corrected chi connectivity index (χ4v) is 1.50. The van der Waals surface area contributed by atoms with Gasteiger partial charge in [0.25, 0.3) is 5.69 Å². The Hall–Kier alpha value is -2.74. The van der Waals surface area contributed by atoms with Crippen molar-refractivity contribution in [1.82, 2.24) is 5.32 Å². The van der Waals surface area contributed by atoms with E-state index in [4.69, 9.17) is 5.11 Å². The number of rotatable bonds is 6. The number of nitrogens with zero attached hydrogens (tertiary/aromatic N) is 1. The molecular weight excluding hydrogens is 280 g/mol. The van der Waals surface area contributed by atoms with Crippen LogP contribution in [0.5, 0.6) is 0 Å². The Balaban J connectivity index is 2.79. The molecule has 2 N–H and O–H groups in total. The first kappa shape index (κ1) is 16.3. The lowest BCUT2D eigenvalue weighted by Crippen LogP contribution is -2.43. The van der Waals surface area contributed by atoms with E-state index >= 15 is 0 Å². The lowest BCUT2D eigenvalue weighted by atomic mass is 10.1. The zero-order valence-corrected chi connectivity index (χ0v) is 11.2. The SMILES string of the molecule is COC(=O)C(CO)NC(=O)/C=C/c1ccccc1[N+](=O)[O-]. The summed E-state index contributed by atoms with van der Waals surface area (Å²) in [5.74, 6) is -1.47. The number of hydrogen-bond donors (Lipinski definition) is 2. The van der Waals surface area contributed by atoms with Crippen molar-refractivity contribution in [3.05, 3.63) is 46.0 Å². The molecule has 0 fully saturated rings. The summed E-state index contributed by atoms with van der Waals surface area (Å²) in [6, 6.07) is 4.70. The van der Waals surface area contributed by atoms with Gasteiger partial charge < -0.3 is 15.2 Å². The van der Waals surface area contributed by atoms with E-state index in [0.717, 1.165) is 13.2 Å². The van der Waals surface area contributed by atoms with Crippen molar-refractivity contribution in [2.75, 3.05) is 13.7 Å². The van der Waals surface area contributed by atoms with Crippen LogP contribution in [0.3, 0.4) is 0 Å². The molecule has 0 bridgehead atoms. The van der Waals surface area contributed by atoms with E-state index in [1.165, 1.54) is 24.3 Å². The molecule has 1 rings (SSSR count). The summed E-state index contributed by atoms with van der Waals surface area (Å²) in [7, 11) is 1.13. The average molecular weight is 294 g/mol. The third-order valence-corrected chi connectivity index (χ3v) is 2.53. The van der Waals surface area contributed by atoms with Crippen LogP contribution in [0.4, 0.5) is 5.69 Å². The molecule has 0 saturated heterocycles. The number of nitrogens with one attached hydrogen (secondary N) is 1. The van der Waals surface area contributed by atoms with Gasteiger partial charge in [-0.3, -0.25) is 14.9 Å². The van der Waals surface area contributed by atoms with Gasteiger partial charge in [-0.2, -0.15) is 0 Å². The second-order valence-corrected chi connectivity index (χ2v) is 3.92. The minimum atomic E-state index is -1.18. The standard InChI is InChI=1S/C13H14N2O6/c1-21-13(18)10(8-16)14-12(17)7-6-9-4-2-3-5-11(9)15(19)20/h2-7,10,16H,8H2,1H3,(H,14,17)/b7-6+. The maximum absolute atomic E-state index is 11.6. The van der Waals surface area contributed by atoms with Crippen molar-refractivity contribution < 1.29 is 24.4 Å². The zero-order valence-electron chi connectivity index (χ0n) is 11.2. The van der Waals surface area contributed by atoms with Crippen LogP contribution in [0.1, 0.15) is 5.56 Å². The quantitative estimate of drug-likeness (QED) is 0.336. The maximum atomic E-state index is 11.6. The van der Waals surface area contributed by atoms with Crippen molar-refractivity contribution >= 4 is 23.6 Å². The fraction of sp³-hybridized carbons (Fsp3) is 0.231. The van der Waals surface area contributed by atoms with Gasteiger partial charge in [0.2, 0.25) is 5.91 Å². The molecule has 1 atom stereocenters. The minimum absolute atomic E-state index is 0.145. The Morgan fingerprint density at radius 1 is 1.48 bits per heavy atom. The third kappa shape index (κ3) is 4.69. The van der Waals surface area contributed by atoms with Crippen LogP contribution in [0.15, 0.2) is 30.3 Å². The number of nitro benzene ring substituents is 1. The first-order valence-corrected chi connectivity index (χ1v) is 5.90. The van der Waals surface area contributed by atoms with Gasteiger partial charge in [-0.05, 0) is 12.1 Å². The highest BCUT2D eigenvalue weighted by Gasteiger charge is 2.19. The molecule has 112 valence electrons. The molecule has 1 aromatic rings. The van der Waals surface area contributed by atoms with Gasteiger partial charge in [0.15, 0.2) is 6.04 Å². The van der Waals surface area contributed by atoms with Crippen molar-refractivity contribution in [3.63, 3.8) is 0 Å². The Morgan fingerprint density at radius 3 is 2.71 bits per heavy atom. The smallest absolute Gasteiger partial charge is 0.330 e. The molecule has 0 aliphatic rings. The van der Waals surface area contributed by atoms with Crippen LogP contribution in [-0.2, 0) is 14.3 Å². The van der Waals surface area contributed by atoms with E-state index in [-0.39, 0.29) is 11.3 Å². The fourth-order valence-electron chi connectivity index (χ4n) is 1.50. The minimum Gasteiger partial charge on any atom is -0.467 e. The highest BCUT2D eigenvalue weighted by Crippen LogP contribution is 2.18. The number of amides is 1. The molecular formula is C13H14N2O6. The van der Waals surface area contributed by atoms with E-state index in [1.54, 1.807) is 6.07 Å². The van der Waals surface area contributed by atoms with Crippen LogP contribution in [-0.4, -0.2) is 41.7 Å². The number of carbonyl (C=O) groups is 2. The number of nitro groups is 1. The number of benzene rings is 1. The van der Waals surface area contributed by atoms with Crippen molar-refractivity contribution in [2.45, 2.75) is 6.04 Å². The van der Waals surface area contributed by atoms with Crippen LogP contribution in [0.2, 0.25) is 0 Å². The van der Waals surface area contributed by atoms with Gasteiger partial charge in [0.05, 0.1) is 24.2 Å². The van der Waals surface area contributed by atoms with Crippen LogP contribution in [0.25, 0.3) is 6.08 Å². The average Bonchev–Trinajstić information content (AvgIpc) is 2.49. The Kier molecular flexibility index (Phi) is 6.02. The molecule has 1 aromatic carbocycles. The summed E-state index contributed by atoms with van der Waals surface area (Å²) in [6.07, 6.45) is 2.28. The Morgan fingerprint density at radius 2 is 2.14 bits per heavy atom. The molecule has 1 unspecified atom stereocenters. The van der Waals surface area contributed by atoms with Crippen molar-refractivity contribution in [2.24, 2.45) is 0 Å². The molecule has 0 aliphatic carbocycles. The number of methoxy groups -OCH3 is 1. The maximum Gasteiger partial charge on any atom is 0.330 e. The Labute approximate surface area is 120 Å². The summed E-state index contributed by atoms with van der Waals surface area (Å²) < 4.78 is 4.39. The van der Waals surface area contributed by atoms with Crippen molar-refractivity contribution in [1.29, 1.82) is 0 Å². The number of para-hydroxylation sites is 1. The predicted octanol–water partition coefficient (Wildman–Crippen LogP) is 0.258. The first-order valence-electron chi connectivity index (χ1n) is 5.90. The highest BCUT2D eigenvalue weighted by molar-refractivity contribution is 5.95. The summed E-state index contributed by atoms with van der Waals surface area (Å²) >= 11 is 0. The van der Waals surface area contributed by atoms with Gasteiger partial charge in [-0.15, -0.1) is 0 Å². The summed E-state index contributed by atoms with van der Waals surface area (Å²) in [5, 5.41) is 22.0. The molecule has 0 aliphatic heterocycles. The number of aliphatic hydroxyl groups is 1. The van der Waals surface area contributed by atoms with E-state index in [0.29, 0.717) is 0 Å². The second-order valence-electron chi connectivity index (χ2n) is 3.92. The Bertz CT molecular complexity index is 570. The van der Waals surface area contributed by atoms with E-state index in [9.17, 15) is 19.7 Å². The number of hydrogen-bond acceptors (Lipinski definition) is 6. The first-order chi connectivity index (χ1) is 9.99. The molecule has 0 heterocycles. The second kappa shape index (κ2) is 7.75. The summed E-state index contributed by atoms with van der Waals surface area (Å²) in [6.45, 7) is -0.613. The van der Waals surface area contributed by atoms with Crippen molar-refractivity contribution in [3.8, 4) is 0 Å². The molecule has 0 saturated carbocycles. The summed E-state index contributed by atoms with van der Waals surface area (Å²) in [5.41, 5.74) is 0.101. The molecule has 0 spiro atoms. The van der Waals surface area contributed by atoms with Gasteiger partial charge in [-0.1, -0.05) is 12.1 Å². The van der Waals surface area contributed by atoms with Gasteiger partial charge in [-0.25, -0.2) is 4.79 Å². The topological polar surface area (TPSA) is 119 Å². The molecule has 21 heavy (non-hydrogen) atoms. The number of aliphatic hydroxyl groups excluding tert-OH is 1. The number of esters is 1. The van der Waals surface area contributed by atoms with Gasteiger partial charge in [0.1, 0.15) is 0 Å². The molecule has 8 nitrogen and oxygen atoms in total. The molecule has 0 aromatic heterocycles. The zero-order chi connectivity index (χ0) is 15.8. The van der Waals surface area contributed by atoms with Crippen LogP contribution < -0.4 is 5.32 Å².